The Morgan fingerprint density at radius 3 is 2.53 bits per heavy atom. The summed E-state index contributed by atoms with van der Waals surface area (Å²) in [7, 11) is 0. The summed E-state index contributed by atoms with van der Waals surface area (Å²) in [5.74, 6) is -0.0513. The minimum Gasteiger partial charge on any atom is -0.354 e. The largest absolute Gasteiger partial charge is 0.354 e. The first kappa shape index (κ1) is 16.0. The van der Waals surface area contributed by atoms with Crippen molar-refractivity contribution >= 4 is 27.9 Å². The number of rotatable bonds is 7. The van der Waals surface area contributed by atoms with Crippen LogP contribution in [0.5, 0.6) is 0 Å². The highest BCUT2D eigenvalue weighted by Gasteiger charge is 2.06. The highest BCUT2D eigenvalue weighted by molar-refractivity contribution is 9.11. The maximum Gasteiger partial charge on any atom is 0.315 e. The highest BCUT2D eigenvalue weighted by atomic mass is 79.9. The van der Waals surface area contributed by atoms with E-state index in [1.165, 1.54) is 0 Å². The molecule has 0 aliphatic rings. The minimum absolute atomic E-state index is 0.0513. The predicted octanol–water partition coefficient (Wildman–Crippen LogP) is 1.50. The number of hydrogen-bond donors (Lipinski definition) is 3. The molecule has 5 nitrogen and oxygen atoms in total. The van der Waals surface area contributed by atoms with Gasteiger partial charge in [0.15, 0.2) is 0 Å². The van der Waals surface area contributed by atoms with Gasteiger partial charge in [0.05, 0.1) is 6.54 Å². The number of hydrogen-bond acceptors (Lipinski definition) is 2. The van der Waals surface area contributed by atoms with Gasteiger partial charge >= 0.3 is 6.03 Å². The molecule has 0 saturated heterocycles. The van der Waals surface area contributed by atoms with Crippen LogP contribution in [0.25, 0.3) is 0 Å². The minimum atomic E-state index is -0.304. The lowest BCUT2D eigenvalue weighted by molar-refractivity contribution is -0.121. The van der Waals surface area contributed by atoms with E-state index in [1.807, 2.05) is 13.8 Å². The molecule has 1 unspecified atom stereocenters. The van der Waals surface area contributed by atoms with Crippen LogP contribution >= 0.6 is 15.9 Å². The smallest absolute Gasteiger partial charge is 0.315 e. The van der Waals surface area contributed by atoms with Crippen LogP contribution in [0.15, 0.2) is 11.1 Å². The molecule has 0 spiro atoms. The Kier molecular flexibility index (Phi) is 8.49. The van der Waals surface area contributed by atoms with Crippen LogP contribution in [-0.2, 0) is 4.79 Å². The normalized spacial score (nSPS) is 11.5. The lowest BCUT2D eigenvalue weighted by atomic mass is 10.2. The highest BCUT2D eigenvalue weighted by Crippen LogP contribution is 1.96. The number of nitrogens with one attached hydrogen (secondary N) is 3. The zero-order valence-corrected chi connectivity index (χ0v) is 11.9. The van der Waals surface area contributed by atoms with E-state index >= 15 is 0 Å². The maximum atomic E-state index is 11.4. The number of carbonyl (C=O) groups excluding carboxylic acids is 2. The van der Waals surface area contributed by atoms with E-state index in [-0.39, 0.29) is 24.4 Å². The molecule has 6 heteroatoms. The van der Waals surface area contributed by atoms with Crippen molar-refractivity contribution in [2.45, 2.75) is 32.7 Å². The summed E-state index contributed by atoms with van der Waals surface area (Å²) in [5.41, 5.74) is 0. The van der Waals surface area contributed by atoms with E-state index in [2.05, 4.69) is 38.5 Å². The molecule has 98 valence electrons. The second kappa shape index (κ2) is 9.04. The summed E-state index contributed by atoms with van der Waals surface area (Å²) in [6, 6.07) is -0.130. The van der Waals surface area contributed by atoms with Gasteiger partial charge in [-0.2, -0.15) is 0 Å². The second-order valence-electron chi connectivity index (χ2n) is 3.75. The van der Waals surface area contributed by atoms with Crippen LogP contribution in [0.4, 0.5) is 4.79 Å². The van der Waals surface area contributed by atoms with Crippen molar-refractivity contribution < 1.29 is 9.59 Å². The SMILES string of the molecule is C=C(Br)CNC(=O)NCCC(=O)NC(C)CC. The van der Waals surface area contributed by atoms with Gasteiger partial charge in [0, 0.05) is 23.5 Å². The van der Waals surface area contributed by atoms with Crippen LogP contribution in [0.3, 0.4) is 0 Å². The predicted molar refractivity (Wildman–Crippen MR) is 72.0 cm³/mol. The van der Waals surface area contributed by atoms with Crippen LogP contribution in [0, 0.1) is 0 Å². The van der Waals surface area contributed by atoms with E-state index in [9.17, 15) is 9.59 Å². The molecular formula is C11H20BrN3O2. The molecule has 3 N–H and O–H groups in total. The molecular weight excluding hydrogens is 286 g/mol. The van der Waals surface area contributed by atoms with E-state index in [4.69, 9.17) is 0 Å². The molecule has 0 heterocycles. The van der Waals surface area contributed by atoms with Gasteiger partial charge in [0.1, 0.15) is 0 Å². The Bertz CT molecular complexity index is 282. The number of amides is 3. The molecule has 0 aromatic rings. The average molecular weight is 306 g/mol. The van der Waals surface area contributed by atoms with Gasteiger partial charge in [-0.3, -0.25) is 4.79 Å². The first-order valence-electron chi connectivity index (χ1n) is 5.60. The Hall–Kier alpha value is -1.04. The van der Waals surface area contributed by atoms with Crippen molar-refractivity contribution in [3.8, 4) is 0 Å². The van der Waals surface area contributed by atoms with Crippen molar-refractivity contribution in [1.82, 2.24) is 16.0 Å². The second-order valence-corrected chi connectivity index (χ2v) is 4.87. The molecule has 0 aromatic carbocycles. The van der Waals surface area contributed by atoms with Crippen molar-refractivity contribution in [2.24, 2.45) is 0 Å². The van der Waals surface area contributed by atoms with Gasteiger partial charge in [-0.25, -0.2) is 4.79 Å². The quantitative estimate of drug-likeness (QED) is 0.667. The first-order chi connectivity index (χ1) is 7.95. The first-order valence-corrected chi connectivity index (χ1v) is 6.39. The zero-order chi connectivity index (χ0) is 13.3. The maximum absolute atomic E-state index is 11.4. The van der Waals surface area contributed by atoms with Crippen molar-refractivity contribution in [3.63, 3.8) is 0 Å². The monoisotopic (exact) mass is 305 g/mol. The van der Waals surface area contributed by atoms with Gasteiger partial charge in [0.2, 0.25) is 5.91 Å². The van der Waals surface area contributed by atoms with Gasteiger partial charge in [-0.1, -0.05) is 29.4 Å². The molecule has 0 radical (unpaired) electrons. The summed E-state index contributed by atoms with van der Waals surface area (Å²) in [6.07, 6.45) is 1.18. The van der Waals surface area contributed by atoms with Crippen LogP contribution in [0.2, 0.25) is 0 Å². The third-order valence-electron chi connectivity index (χ3n) is 2.10. The molecule has 1 atom stereocenters. The molecule has 0 aromatic heterocycles. The van der Waals surface area contributed by atoms with Crippen molar-refractivity contribution in [3.05, 3.63) is 11.1 Å². The van der Waals surface area contributed by atoms with E-state index < -0.39 is 0 Å². The fourth-order valence-electron chi connectivity index (χ4n) is 0.977. The van der Waals surface area contributed by atoms with Gasteiger partial charge in [0.25, 0.3) is 0 Å². The molecule has 0 fully saturated rings. The molecule has 0 aliphatic carbocycles. The fourth-order valence-corrected chi connectivity index (χ4v) is 1.12. The molecule has 0 aliphatic heterocycles. The third-order valence-corrected chi connectivity index (χ3v) is 2.38. The lowest BCUT2D eigenvalue weighted by Crippen LogP contribution is -2.39. The molecule has 17 heavy (non-hydrogen) atoms. The Morgan fingerprint density at radius 2 is 2.00 bits per heavy atom. The molecule has 0 saturated carbocycles. The van der Waals surface area contributed by atoms with Crippen LogP contribution in [0.1, 0.15) is 26.7 Å². The summed E-state index contributed by atoms with van der Waals surface area (Å²) in [6.45, 7) is 8.22. The number of halogens is 1. The van der Waals surface area contributed by atoms with Gasteiger partial charge in [-0.15, -0.1) is 0 Å². The number of carbonyl (C=O) groups is 2. The summed E-state index contributed by atoms with van der Waals surface area (Å²) in [5, 5.41) is 7.99. The average Bonchev–Trinajstić information content (AvgIpc) is 2.26. The Morgan fingerprint density at radius 1 is 1.35 bits per heavy atom. The Labute approximate surface area is 111 Å². The van der Waals surface area contributed by atoms with Crippen LogP contribution in [-0.4, -0.2) is 31.1 Å². The summed E-state index contributed by atoms with van der Waals surface area (Å²) in [4.78, 5) is 22.5. The summed E-state index contributed by atoms with van der Waals surface area (Å²) < 4.78 is 0.696. The summed E-state index contributed by atoms with van der Waals surface area (Å²) >= 11 is 3.13. The Balaban J connectivity index is 3.59. The molecule has 3 amide bonds. The standard InChI is InChI=1S/C11H20BrN3O2/c1-4-9(3)15-10(16)5-6-13-11(17)14-7-8(2)12/h9H,2,4-7H2,1,3H3,(H,15,16)(H2,13,14,17). The third kappa shape index (κ3) is 9.86. The topological polar surface area (TPSA) is 70.2 Å². The fraction of sp³-hybridized carbons (Fsp3) is 0.636. The van der Waals surface area contributed by atoms with Crippen molar-refractivity contribution in [1.29, 1.82) is 0 Å². The van der Waals surface area contributed by atoms with Gasteiger partial charge < -0.3 is 16.0 Å². The molecule has 0 rings (SSSR count). The number of urea groups is 1. The van der Waals surface area contributed by atoms with E-state index in [1.54, 1.807) is 0 Å². The van der Waals surface area contributed by atoms with Crippen molar-refractivity contribution in [2.75, 3.05) is 13.1 Å². The lowest BCUT2D eigenvalue weighted by Gasteiger charge is -2.11. The van der Waals surface area contributed by atoms with E-state index in [0.717, 1.165) is 6.42 Å². The van der Waals surface area contributed by atoms with E-state index in [0.29, 0.717) is 17.6 Å². The zero-order valence-electron chi connectivity index (χ0n) is 10.3. The van der Waals surface area contributed by atoms with Gasteiger partial charge in [-0.05, 0) is 13.3 Å². The van der Waals surface area contributed by atoms with Crippen LogP contribution < -0.4 is 16.0 Å². The molecule has 0 bridgehead atoms.